The average Bonchev–Trinajstić information content (AvgIpc) is 3.36. The summed E-state index contributed by atoms with van der Waals surface area (Å²) in [5.74, 6) is -1.46. The number of amides is 3. The van der Waals surface area contributed by atoms with Crippen molar-refractivity contribution < 1.29 is 22.8 Å². The number of hydrogen-bond acceptors (Lipinski definition) is 6. The smallest absolute Gasteiger partial charge is 0.262 e. The first-order valence-electron chi connectivity index (χ1n) is 12.4. The van der Waals surface area contributed by atoms with Crippen molar-refractivity contribution in [2.45, 2.75) is 44.2 Å². The van der Waals surface area contributed by atoms with E-state index < -0.39 is 39.8 Å². The molecule has 13 heteroatoms. The molecule has 204 valence electrons. The Kier molecular flexibility index (Phi) is 9.62. The van der Waals surface area contributed by atoms with Gasteiger partial charge in [-0.2, -0.15) is 9.30 Å². The number of nitrogens with zero attached hydrogens (tertiary/aromatic N) is 4. The van der Waals surface area contributed by atoms with E-state index in [1.807, 2.05) is 30.3 Å². The molecule has 0 spiro atoms. The van der Waals surface area contributed by atoms with Gasteiger partial charge in [-0.15, -0.1) is 0 Å². The monoisotopic (exact) mass is 535 g/mol. The highest BCUT2D eigenvalue weighted by Gasteiger charge is 2.41. The minimum absolute atomic E-state index is 0.0411. The molecule has 0 aliphatic carbocycles. The molecule has 2 atom stereocenters. The van der Waals surface area contributed by atoms with Gasteiger partial charge in [-0.1, -0.05) is 30.3 Å². The van der Waals surface area contributed by atoms with Gasteiger partial charge in [0.25, 0.3) is 5.91 Å². The Morgan fingerprint density at radius 2 is 1.73 bits per heavy atom. The number of carbonyl (C=O) groups excluding carboxylic acids is 3. The Morgan fingerprint density at radius 1 is 1.08 bits per heavy atom. The van der Waals surface area contributed by atoms with Crippen LogP contribution >= 0.6 is 0 Å². The summed E-state index contributed by atoms with van der Waals surface area (Å²) in [5, 5.41) is 0. The molecule has 3 rings (SSSR count). The Hall–Kier alpha value is -3.03. The Morgan fingerprint density at radius 3 is 2.30 bits per heavy atom. The second kappa shape index (κ2) is 12.5. The molecule has 0 aromatic heterocycles. The molecular weight excluding hydrogens is 498 g/mol. The molecule has 0 saturated carbocycles. The number of nitrogens with two attached hydrogens (primary N) is 3. The number of hydrogen-bond donors (Lipinski definition) is 3. The largest absolute Gasteiger partial charge is 0.369 e. The summed E-state index contributed by atoms with van der Waals surface area (Å²) in [6.07, 6.45) is 3.56. The number of sulfonamides is 1. The van der Waals surface area contributed by atoms with E-state index in [0.29, 0.717) is 45.3 Å². The first-order chi connectivity index (χ1) is 17.5. The molecule has 0 unspecified atom stereocenters. The summed E-state index contributed by atoms with van der Waals surface area (Å²) in [5.41, 5.74) is 17.6. The first-order valence-corrected chi connectivity index (χ1v) is 14.3. The van der Waals surface area contributed by atoms with Gasteiger partial charge in [0.1, 0.15) is 12.1 Å². The Labute approximate surface area is 217 Å². The number of rotatable bonds is 9. The van der Waals surface area contributed by atoms with Gasteiger partial charge in [0.15, 0.2) is 5.96 Å². The van der Waals surface area contributed by atoms with Crippen molar-refractivity contribution in [2.24, 2.45) is 28.1 Å². The van der Waals surface area contributed by atoms with E-state index >= 15 is 0 Å². The molecule has 2 aliphatic heterocycles. The third kappa shape index (κ3) is 7.49. The van der Waals surface area contributed by atoms with Crippen molar-refractivity contribution >= 4 is 33.7 Å². The van der Waals surface area contributed by atoms with Crippen LogP contribution in [0, 0.1) is 5.92 Å². The number of benzene rings is 1. The lowest BCUT2D eigenvalue weighted by Gasteiger charge is -2.38. The van der Waals surface area contributed by atoms with E-state index in [9.17, 15) is 22.8 Å². The summed E-state index contributed by atoms with van der Waals surface area (Å²) in [6, 6.07) is 7.46. The first kappa shape index (κ1) is 28.5. The van der Waals surface area contributed by atoms with Crippen LogP contribution in [-0.2, 0) is 30.8 Å². The van der Waals surface area contributed by atoms with Gasteiger partial charge in [-0.25, -0.2) is 8.42 Å². The molecule has 0 radical (unpaired) electrons. The second-order valence-corrected chi connectivity index (χ2v) is 11.6. The fraction of sp³-hybridized carbons (Fsp3) is 0.583. The average molecular weight is 536 g/mol. The minimum atomic E-state index is -3.80. The van der Waals surface area contributed by atoms with Gasteiger partial charge in [0, 0.05) is 26.2 Å². The fourth-order valence-corrected chi connectivity index (χ4v) is 6.11. The molecule has 1 aromatic rings. The van der Waals surface area contributed by atoms with Gasteiger partial charge in [0.05, 0.1) is 12.8 Å². The molecular formula is C24H37N7O5S. The van der Waals surface area contributed by atoms with Gasteiger partial charge in [0.2, 0.25) is 21.8 Å². The molecule has 0 bridgehead atoms. The van der Waals surface area contributed by atoms with Crippen molar-refractivity contribution in [1.29, 1.82) is 0 Å². The van der Waals surface area contributed by atoms with Crippen molar-refractivity contribution in [3.05, 3.63) is 35.9 Å². The maximum absolute atomic E-state index is 13.8. The zero-order valence-corrected chi connectivity index (χ0v) is 22.0. The number of guanidine groups is 1. The van der Waals surface area contributed by atoms with Crippen LogP contribution < -0.4 is 17.2 Å². The Balaban J connectivity index is 1.83. The summed E-state index contributed by atoms with van der Waals surface area (Å²) in [4.78, 5) is 44.3. The Bertz CT molecular complexity index is 1100. The molecule has 1 aromatic carbocycles. The highest BCUT2D eigenvalue weighted by molar-refractivity contribution is 7.88. The maximum atomic E-state index is 13.8. The van der Waals surface area contributed by atoms with Crippen molar-refractivity contribution in [2.75, 3.05) is 39.0 Å². The molecule has 2 aliphatic rings. The van der Waals surface area contributed by atoms with Crippen LogP contribution in [0.25, 0.3) is 0 Å². The van der Waals surface area contributed by atoms with Crippen LogP contribution in [0.15, 0.2) is 35.3 Å². The summed E-state index contributed by atoms with van der Waals surface area (Å²) >= 11 is 0. The van der Waals surface area contributed by atoms with Crippen LogP contribution in [-0.4, -0.2) is 97.3 Å². The number of primary amides is 1. The third-order valence-corrected chi connectivity index (χ3v) is 8.24. The normalized spacial score (nSPS) is 20.3. The predicted molar refractivity (Wildman–Crippen MR) is 139 cm³/mol. The van der Waals surface area contributed by atoms with Gasteiger partial charge >= 0.3 is 0 Å². The quantitative estimate of drug-likeness (QED) is 0.261. The van der Waals surface area contributed by atoms with E-state index in [2.05, 4.69) is 4.99 Å². The van der Waals surface area contributed by atoms with Crippen LogP contribution in [0.4, 0.5) is 0 Å². The van der Waals surface area contributed by atoms with Gasteiger partial charge in [-0.3, -0.25) is 14.4 Å². The van der Waals surface area contributed by atoms with Crippen molar-refractivity contribution in [3.63, 3.8) is 0 Å². The maximum Gasteiger partial charge on any atom is 0.262 e. The van der Waals surface area contributed by atoms with Crippen molar-refractivity contribution in [3.8, 4) is 0 Å². The van der Waals surface area contributed by atoms with Gasteiger partial charge < -0.3 is 27.0 Å². The van der Waals surface area contributed by atoms with Crippen LogP contribution in [0.1, 0.15) is 31.2 Å². The van der Waals surface area contributed by atoms with E-state index in [0.717, 1.165) is 11.8 Å². The number of carbonyl (C=O) groups is 3. The van der Waals surface area contributed by atoms with Crippen LogP contribution in [0.3, 0.4) is 0 Å². The number of aliphatic imine (C=N–C) groups is 1. The molecule has 2 saturated heterocycles. The highest BCUT2D eigenvalue weighted by atomic mass is 32.2. The topological polar surface area (TPSA) is 185 Å². The lowest BCUT2D eigenvalue weighted by Crippen LogP contribution is -2.56. The summed E-state index contributed by atoms with van der Waals surface area (Å²) in [6.45, 7) is 1.24. The van der Waals surface area contributed by atoms with E-state index in [-0.39, 0.29) is 31.4 Å². The van der Waals surface area contributed by atoms with Crippen molar-refractivity contribution in [1.82, 2.24) is 14.1 Å². The number of likely N-dealkylation sites (tertiary alicyclic amines) is 2. The lowest BCUT2D eigenvalue weighted by molar-refractivity contribution is -0.140. The molecule has 37 heavy (non-hydrogen) atoms. The standard InChI is InChI=1S/C24H37N7O5S/c1-37(35,36)31(16-18-9-12-29(13-10-18)24(27)28-21(32)15-25)20(14-17-6-3-2-4-7-17)23(34)30-11-5-8-19(30)22(26)33/h2-4,6-7,18-20H,5,8-16,25H2,1H3,(H2,26,33)(H2,27,28,32)/t19-,20+/m0/s1. The zero-order chi connectivity index (χ0) is 27.2. The number of piperidine rings is 1. The van der Waals surface area contributed by atoms with E-state index in [4.69, 9.17) is 17.2 Å². The highest BCUT2D eigenvalue weighted by Crippen LogP contribution is 2.26. The van der Waals surface area contributed by atoms with E-state index in [1.54, 1.807) is 4.90 Å². The summed E-state index contributed by atoms with van der Waals surface area (Å²) in [7, 11) is -3.80. The fourth-order valence-electron chi connectivity index (χ4n) is 5.00. The molecule has 12 nitrogen and oxygen atoms in total. The summed E-state index contributed by atoms with van der Waals surface area (Å²) < 4.78 is 27.4. The molecule has 2 fully saturated rings. The molecule has 3 amide bonds. The van der Waals surface area contributed by atoms with E-state index in [1.165, 1.54) is 9.21 Å². The zero-order valence-electron chi connectivity index (χ0n) is 21.2. The SMILES string of the molecule is CS(=O)(=O)N(CC1CCN(C(N)=NC(=O)CN)CC1)[C@H](Cc1ccccc1)C(=O)N1CCC[C@H]1C(N)=O. The second-order valence-electron chi connectivity index (χ2n) is 9.63. The third-order valence-electron chi connectivity index (χ3n) is 6.99. The van der Waals surface area contributed by atoms with Gasteiger partial charge in [-0.05, 0) is 43.6 Å². The minimum Gasteiger partial charge on any atom is -0.369 e. The predicted octanol–water partition coefficient (Wildman–Crippen LogP) is -1.15. The lowest BCUT2D eigenvalue weighted by atomic mass is 9.95. The van der Waals surface area contributed by atoms with Crippen LogP contribution in [0.5, 0.6) is 0 Å². The molecule has 6 N–H and O–H groups in total. The molecule has 2 heterocycles. The van der Waals surface area contributed by atoms with Crippen LogP contribution in [0.2, 0.25) is 0 Å².